The van der Waals surface area contributed by atoms with Crippen LogP contribution in [0.3, 0.4) is 0 Å². The number of aromatic amines is 1. The van der Waals surface area contributed by atoms with E-state index < -0.39 is 21.8 Å². The van der Waals surface area contributed by atoms with Gasteiger partial charge in [0.2, 0.25) is 10.0 Å². The van der Waals surface area contributed by atoms with E-state index in [-0.39, 0.29) is 5.56 Å². The van der Waals surface area contributed by atoms with Crippen molar-refractivity contribution in [1.82, 2.24) is 9.97 Å². The van der Waals surface area contributed by atoms with Gasteiger partial charge in [0.05, 0.1) is 28.5 Å². The molecule has 9 heteroatoms. The first kappa shape index (κ1) is 21.6. The monoisotopic (exact) mass is 457 g/mol. The van der Waals surface area contributed by atoms with Crippen LogP contribution >= 0.6 is 0 Å². The maximum absolute atomic E-state index is 13.2. The number of benzene rings is 3. The van der Waals surface area contributed by atoms with E-state index in [9.17, 15) is 21.6 Å². The molecule has 32 heavy (non-hydrogen) atoms. The van der Waals surface area contributed by atoms with Crippen LogP contribution in [0.1, 0.15) is 17.0 Å². The molecule has 0 fully saturated rings. The molecule has 0 amide bonds. The first-order chi connectivity index (χ1) is 15.1. The molecule has 0 spiro atoms. The van der Waals surface area contributed by atoms with E-state index in [1.54, 1.807) is 42.5 Å². The quantitative estimate of drug-likeness (QED) is 0.398. The summed E-state index contributed by atoms with van der Waals surface area (Å²) in [7, 11) is -3.45. The molecule has 0 aliphatic carbocycles. The van der Waals surface area contributed by atoms with E-state index >= 15 is 0 Å². The summed E-state index contributed by atoms with van der Waals surface area (Å²) in [4.78, 5) is 7.49. The Labute approximate surface area is 182 Å². The second kappa shape index (κ2) is 8.16. The molecule has 4 aromatic rings. The van der Waals surface area contributed by atoms with Crippen LogP contribution in [-0.2, 0) is 16.2 Å². The van der Waals surface area contributed by atoms with E-state index in [4.69, 9.17) is 0 Å². The molecule has 164 valence electrons. The summed E-state index contributed by atoms with van der Waals surface area (Å²) in [6, 6.07) is 17.7. The number of rotatable bonds is 5. The predicted molar refractivity (Wildman–Crippen MR) is 120 cm³/mol. The molecule has 2 N–H and O–H groups in total. The number of imidazole rings is 1. The van der Waals surface area contributed by atoms with Crippen LogP contribution in [0.4, 0.5) is 18.9 Å². The molecule has 0 unspecified atom stereocenters. The van der Waals surface area contributed by atoms with Gasteiger partial charge >= 0.3 is 6.18 Å². The number of para-hydroxylation sites is 1. The van der Waals surface area contributed by atoms with E-state index in [0.717, 1.165) is 17.9 Å². The molecular formula is C23H18F3N3O2S. The van der Waals surface area contributed by atoms with Crippen molar-refractivity contribution in [3.05, 3.63) is 83.7 Å². The van der Waals surface area contributed by atoms with E-state index in [1.807, 2.05) is 6.07 Å². The maximum Gasteiger partial charge on any atom is 0.416 e. The van der Waals surface area contributed by atoms with Gasteiger partial charge < -0.3 is 4.98 Å². The molecule has 0 bridgehead atoms. The van der Waals surface area contributed by atoms with Crippen molar-refractivity contribution in [2.24, 2.45) is 0 Å². The standard InChI is InChI=1S/C23H18F3N3O2S/c1-32(30,31)29-19-9-5-3-7-17(19)16-10-12-20-21(14-16)28-22(27-20)13-11-15-6-2-4-8-18(15)23(24,25)26/h2-14,29H,1H3,(H,27,28)/b13-11+. The number of nitrogens with zero attached hydrogens (tertiary/aromatic N) is 1. The van der Waals surface area contributed by atoms with Crippen LogP contribution in [0, 0.1) is 0 Å². The molecule has 5 nitrogen and oxygen atoms in total. The molecule has 0 saturated carbocycles. The summed E-state index contributed by atoms with van der Waals surface area (Å²) in [6.07, 6.45) is -0.509. The minimum Gasteiger partial charge on any atom is -0.338 e. The summed E-state index contributed by atoms with van der Waals surface area (Å²) < 4.78 is 65.4. The summed E-state index contributed by atoms with van der Waals surface area (Å²) >= 11 is 0. The number of H-pyrrole nitrogens is 1. The van der Waals surface area contributed by atoms with E-state index in [1.165, 1.54) is 24.3 Å². The van der Waals surface area contributed by atoms with Crippen molar-refractivity contribution in [3.8, 4) is 11.1 Å². The number of fused-ring (bicyclic) bond motifs is 1. The fourth-order valence-electron chi connectivity index (χ4n) is 3.37. The highest BCUT2D eigenvalue weighted by Crippen LogP contribution is 2.33. The lowest BCUT2D eigenvalue weighted by atomic mass is 10.0. The zero-order valence-corrected chi connectivity index (χ0v) is 17.6. The summed E-state index contributed by atoms with van der Waals surface area (Å²) in [6.45, 7) is 0. The van der Waals surface area contributed by atoms with Gasteiger partial charge in [0.15, 0.2) is 0 Å². The van der Waals surface area contributed by atoms with Crippen LogP contribution in [0.5, 0.6) is 0 Å². The number of sulfonamides is 1. The van der Waals surface area contributed by atoms with Gasteiger partial charge in [-0.05, 0) is 41.5 Å². The average Bonchev–Trinajstić information content (AvgIpc) is 3.13. The lowest BCUT2D eigenvalue weighted by Gasteiger charge is -2.10. The lowest BCUT2D eigenvalue weighted by Crippen LogP contribution is -2.10. The van der Waals surface area contributed by atoms with Gasteiger partial charge in [0.1, 0.15) is 5.82 Å². The molecule has 0 aliphatic rings. The Hall–Kier alpha value is -3.59. The number of hydrogen-bond donors (Lipinski definition) is 2. The van der Waals surface area contributed by atoms with Gasteiger partial charge in [0.25, 0.3) is 0 Å². The lowest BCUT2D eigenvalue weighted by molar-refractivity contribution is -0.137. The van der Waals surface area contributed by atoms with Gasteiger partial charge in [0, 0.05) is 5.56 Å². The van der Waals surface area contributed by atoms with E-state index in [2.05, 4.69) is 14.7 Å². The van der Waals surface area contributed by atoms with Crippen molar-refractivity contribution in [2.45, 2.75) is 6.18 Å². The normalized spacial score (nSPS) is 12.5. The van der Waals surface area contributed by atoms with Crippen LogP contribution < -0.4 is 4.72 Å². The van der Waals surface area contributed by atoms with Crippen LogP contribution in [-0.4, -0.2) is 24.6 Å². The zero-order valence-electron chi connectivity index (χ0n) is 16.8. The van der Waals surface area contributed by atoms with E-state index in [0.29, 0.717) is 28.1 Å². The largest absolute Gasteiger partial charge is 0.416 e. The molecule has 0 aliphatic heterocycles. The van der Waals surface area contributed by atoms with Crippen LogP contribution in [0.25, 0.3) is 34.3 Å². The third-order valence-corrected chi connectivity index (χ3v) is 5.31. The number of aromatic nitrogens is 2. The third-order valence-electron chi connectivity index (χ3n) is 4.72. The Bertz CT molecular complexity index is 1420. The number of anilines is 1. The molecule has 0 saturated heterocycles. The second-order valence-electron chi connectivity index (χ2n) is 7.19. The summed E-state index contributed by atoms with van der Waals surface area (Å²) in [5.74, 6) is 0.400. The minimum absolute atomic E-state index is 0.0434. The Kier molecular flexibility index (Phi) is 5.52. The molecule has 0 radical (unpaired) electrons. The topological polar surface area (TPSA) is 74.8 Å². The Balaban J connectivity index is 1.68. The maximum atomic E-state index is 13.2. The highest BCUT2D eigenvalue weighted by molar-refractivity contribution is 7.92. The molecule has 0 atom stereocenters. The first-order valence-corrected chi connectivity index (χ1v) is 11.4. The average molecular weight is 457 g/mol. The van der Waals surface area contributed by atoms with Crippen molar-refractivity contribution in [1.29, 1.82) is 0 Å². The first-order valence-electron chi connectivity index (χ1n) is 9.51. The van der Waals surface area contributed by atoms with Crippen LogP contribution in [0.15, 0.2) is 66.7 Å². The van der Waals surface area contributed by atoms with Gasteiger partial charge in [-0.25, -0.2) is 13.4 Å². The van der Waals surface area contributed by atoms with Crippen molar-refractivity contribution < 1.29 is 21.6 Å². The van der Waals surface area contributed by atoms with Crippen molar-refractivity contribution in [2.75, 3.05) is 11.0 Å². The zero-order chi connectivity index (χ0) is 22.9. The Morgan fingerprint density at radius 1 is 0.969 bits per heavy atom. The molecule has 4 rings (SSSR count). The predicted octanol–water partition coefficient (Wildman–Crippen LogP) is 5.79. The number of alkyl halides is 3. The third kappa shape index (κ3) is 4.83. The molecule has 3 aromatic carbocycles. The fourth-order valence-corrected chi connectivity index (χ4v) is 3.95. The summed E-state index contributed by atoms with van der Waals surface area (Å²) in [5.41, 5.74) is 2.51. The van der Waals surface area contributed by atoms with Gasteiger partial charge in [-0.1, -0.05) is 48.5 Å². The van der Waals surface area contributed by atoms with Crippen molar-refractivity contribution in [3.63, 3.8) is 0 Å². The van der Waals surface area contributed by atoms with Gasteiger partial charge in [-0.15, -0.1) is 0 Å². The summed E-state index contributed by atoms with van der Waals surface area (Å²) in [5, 5.41) is 0. The number of hydrogen-bond acceptors (Lipinski definition) is 3. The van der Waals surface area contributed by atoms with Gasteiger partial charge in [-0.3, -0.25) is 4.72 Å². The number of halogens is 3. The highest BCUT2D eigenvalue weighted by Gasteiger charge is 2.32. The Morgan fingerprint density at radius 2 is 1.69 bits per heavy atom. The second-order valence-corrected chi connectivity index (χ2v) is 8.94. The highest BCUT2D eigenvalue weighted by atomic mass is 32.2. The van der Waals surface area contributed by atoms with Gasteiger partial charge in [-0.2, -0.15) is 13.2 Å². The minimum atomic E-state index is -4.45. The Morgan fingerprint density at radius 3 is 2.44 bits per heavy atom. The molecule has 1 heterocycles. The van der Waals surface area contributed by atoms with Crippen molar-refractivity contribution >= 4 is 38.9 Å². The molecule has 1 aromatic heterocycles. The number of nitrogens with one attached hydrogen (secondary N) is 2. The van der Waals surface area contributed by atoms with Crippen LogP contribution in [0.2, 0.25) is 0 Å². The molecular weight excluding hydrogens is 439 g/mol. The SMILES string of the molecule is CS(=O)(=O)Nc1ccccc1-c1ccc2nc(/C=C/c3ccccc3C(F)(F)F)[nH]c2c1. The smallest absolute Gasteiger partial charge is 0.338 e. The fraction of sp³-hybridized carbons (Fsp3) is 0.0870.